The van der Waals surface area contributed by atoms with Gasteiger partial charge in [0, 0.05) is 0 Å². The number of carbonyl (C=O) groups excluding carboxylic acids is 2. The van der Waals surface area contributed by atoms with E-state index in [2.05, 4.69) is 22.7 Å². The smallest absolute Gasteiger partial charge is 0.313 e. The van der Waals surface area contributed by atoms with Crippen LogP contribution >= 0.6 is 0 Å². The molecule has 1 atom stereocenters. The Labute approximate surface area is 148 Å². The van der Waals surface area contributed by atoms with Gasteiger partial charge < -0.3 is 15.2 Å². The molecule has 0 aliphatic carbocycles. The summed E-state index contributed by atoms with van der Waals surface area (Å²) in [6.07, 6.45) is 0.957. The van der Waals surface area contributed by atoms with Gasteiger partial charge in [-0.3, -0.25) is 9.59 Å². The minimum absolute atomic E-state index is 0.142. The molecule has 0 saturated carbocycles. The Kier molecular flexibility index (Phi) is 5.96. The lowest BCUT2D eigenvalue weighted by Crippen LogP contribution is -2.39. The lowest BCUT2D eigenvalue weighted by atomic mass is 9.95. The largest absolute Gasteiger partial charge is 0.359 e. The summed E-state index contributed by atoms with van der Waals surface area (Å²) >= 11 is 0. The predicted octanol–water partition coefficient (Wildman–Crippen LogP) is 3.31. The third-order valence-corrected chi connectivity index (χ3v) is 4.18. The van der Waals surface area contributed by atoms with Crippen molar-refractivity contribution >= 4 is 17.5 Å². The second-order valence-corrected chi connectivity index (χ2v) is 6.44. The number of aromatic nitrogens is 1. The fraction of sp³-hybridized carbons (Fsp3) is 0.421. The molecule has 0 unspecified atom stereocenters. The first-order valence-corrected chi connectivity index (χ1v) is 8.47. The van der Waals surface area contributed by atoms with Crippen molar-refractivity contribution < 1.29 is 14.1 Å². The SMILES string of the molecule is CCc1ccc([C@H](NC(=O)C(=O)Nc2c(C)noc2C)C(C)C)cc1. The number of benzene rings is 1. The van der Waals surface area contributed by atoms with Crippen LogP contribution in [0.4, 0.5) is 5.69 Å². The van der Waals surface area contributed by atoms with Crippen LogP contribution in [0.3, 0.4) is 0 Å². The minimum atomic E-state index is -0.731. The first-order valence-electron chi connectivity index (χ1n) is 8.47. The highest BCUT2D eigenvalue weighted by atomic mass is 16.5. The predicted molar refractivity (Wildman–Crippen MR) is 96.1 cm³/mol. The summed E-state index contributed by atoms with van der Waals surface area (Å²) in [4.78, 5) is 24.5. The van der Waals surface area contributed by atoms with Crippen LogP contribution in [-0.4, -0.2) is 17.0 Å². The Morgan fingerprint density at radius 2 is 1.76 bits per heavy atom. The highest BCUT2D eigenvalue weighted by Gasteiger charge is 2.24. The summed E-state index contributed by atoms with van der Waals surface area (Å²) < 4.78 is 4.99. The molecule has 0 aliphatic heterocycles. The number of hydrogen-bond acceptors (Lipinski definition) is 4. The van der Waals surface area contributed by atoms with E-state index in [0.717, 1.165) is 12.0 Å². The van der Waals surface area contributed by atoms with E-state index in [-0.39, 0.29) is 12.0 Å². The van der Waals surface area contributed by atoms with Crippen LogP contribution in [-0.2, 0) is 16.0 Å². The summed E-state index contributed by atoms with van der Waals surface area (Å²) in [5, 5.41) is 9.14. The molecule has 0 spiro atoms. The van der Waals surface area contributed by atoms with E-state index >= 15 is 0 Å². The zero-order chi connectivity index (χ0) is 18.6. The van der Waals surface area contributed by atoms with Crippen molar-refractivity contribution in [2.45, 2.75) is 47.1 Å². The quantitative estimate of drug-likeness (QED) is 0.816. The van der Waals surface area contributed by atoms with Gasteiger partial charge in [-0.05, 0) is 37.3 Å². The van der Waals surface area contributed by atoms with Crippen molar-refractivity contribution in [1.82, 2.24) is 10.5 Å². The van der Waals surface area contributed by atoms with E-state index in [4.69, 9.17) is 4.52 Å². The zero-order valence-electron chi connectivity index (χ0n) is 15.3. The molecular weight excluding hydrogens is 318 g/mol. The molecule has 6 nitrogen and oxygen atoms in total. The van der Waals surface area contributed by atoms with Gasteiger partial charge in [-0.15, -0.1) is 0 Å². The number of hydrogen-bond donors (Lipinski definition) is 2. The van der Waals surface area contributed by atoms with Gasteiger partial charge >= 0.3 is 11.8 Å². The van der Waals surface area contributed by atoms with Gasteiger partial charge in [0.25, 0.3) is 0 Å². The lowest BCUT2D eigenvalue weighted by Gasteiger charge is -2.23. The normalized spacial score (nSPS) is 12.1. The van der Waals surface area contributed by atoms with E-state index in [1.54, 1.807) is 13.8 Å². The van der Waals surface area contributed by atoms with Gasteiger partial charge in [0.05, 0.1) is 6.04 Å². The van der Waals surface area contributed by atoms with E-state index in [1.165, 1.54) is 5.56 Å². The molecule has 2 amide bonds. The molecule has 2 rings (SSSR count). The van der Waals surface area contributed by atoms with E-state index in [1.807, 2.05) is 38.1 Å². The average Bonchev–Trinajstić information content (AvgIpc) is 2.91. The number of nitrogens with zero attached hydrogens (tertiary/aromatic N) is 1. The maximum Gasteiger partial charge on any atom is 0.313 e. The van der Waals surface area contributed by atoms with Crippen LogP contribution in [0.15, 0.2) is 28.8 Å². The van der Waals surface area contributed by atoms with Gasteiger partial charge in [0.2, 0.25) is 0 Å². The molecule has 1 aromatic carbocycles. The second-order valence-electron chi connectivity index (χ2n) is 6.44. The van der Waals surface area contributed by atoms with Gasteiger partial charge in [-0.1, -0.05) is 50.2 Å². The number of rotatable bonds is 5. The maximum atomic E-state index is 12.3. The molecule has 134 valence electrons. The van der Waals surface area contributed by atoms with Gasteiger partial charge in [-0.2, -0.15) is 0 Å². The highest BCUT2D eigenvalue weighted by Crippen LogP contribution is 2.23. The minimum Gasteiger partial charge on any atom is -0.359 e. The van der Waals surface area contributed by atoms with Crippen molar-refractivity contribution in [2.24, 2.45) is 5.92 Å². The van der Waals surface area contributed by atoms with Crippen molar-refractivity contribution in [3.8, 4) is 0 Å². The number of aryl methyl sites for hydroxylation is 3. The summed E-state index contributed by atoms with van der Waals surface area (Å²) in [5.74, 6) is -0.805. The molecule has 2 aromatic rings. The molecule has 1 heterocycles. The molecule has 0 aliphatic rings. The first kappa shape index (κ1) is 18.7. The van der Waals surface area contributed by atoms with Crippen LogP contribution in [0.25, 0.3) is 0 Å². The number of carbonyl (C=O) groups is 2. The number of anilines is 1. The highest BCUT2D eigenvalue weighted by molar-refractivity contribution is 6.39. The molecule has 0 radical (unpaired) electrons. The van der Waals surface area contributed by atoms with Crippen molar-refractivity contribution in [1.29, 1.82) is 0 Å². The molecule has 25 heavy (non-hydrogen) atoms. The molecule has 0 saturated heterocycles. The number of nitrogens with one attached hydrogen (secondary N) is 2. The van der Waals surface area contributed by atoms with Gasteiger partial charge in [0.15, 0.2) is 5.76 Å². The zero-order valence-corrected chi connectivity index (χ0v) is 15.3. The Bertz CT molecular complexity index is 728. The van der Waals surface area contributed by atoms with E-state index in [0.29, 0.717) is 17.1 Å². The fourth-order valence-corrected chi connectivity index (χ4v) is 2.63. The summed E-state index contributed by atoms with van der Waals surface area (Å²) in [6.45, 7) is 9.49. The first-order chi connectivity index (χ1) is 11.8. The van der Waals surface area contributed by atoms with Crippen LogP contribution in [0.1, 0.15) is 49.4 Å². The topological polar surface area (TPSA) is 84.2 Å². The summed E-state index contributed by atoms with van der Waals surface area (Å²) in [7, 11) is 0. The average molecular weight is 343 g/mol. The Hall–Kier alpha value is -2.63. The van der Waals surface area contributed by atoms with Crippen LogP contribution in [0, 0.1) is 19.8 Å². The monoisotopic (exact) mass is 343 g/mol. The Morgan fingerprint density at radius 3 is 2.24 bits per heavy atom. The van der Waals surface area contributed by atoms with Gasteiger partial charge in [-0.25, -0.2) is 0 Å². The van der Waals surface area contributed by atoms with Crippen LogP contribution < -0.4 is 10.6 Å². The Balaban J connectivity index is 2.10. The Morgan fingerprint density at radius 1 is 1.12 bits per heavy atom. The molecule has 2 N–H and O–H groups in total. The third-order valence-electron chi connectivity index (χ3n) is 4.18. The standard InChI is InChI=1S/C19H25N3O3/c1-6-14-7-9-15(10-8-14)16(11(2)3)20-18(23)19(24)21-17-12(4)22-25-13(17)5/h7-11,16H,6H2,1-5H3,(H,20,23)(H,21,24)/t16-/m1/s1. The maximum absolute atomic E-state index is 12.3. The summed E-state index contributed by atoms with van der Waals surface area (Å²) in [5.41, 5.74) is 3.18. The van der Waals surface area contributed by atoms with E-state index in [9.17, 15) is 9.59 Å². The van der Waals surface area contributed by atoms with Crippen molar-refractivity contribution in [3.05, 3.63) is 46.8 Å². The van der Waals surface area contributed by atoms with Crippen molar-refractivity contribution in [3.63, 3.8) is 0 Å². The molecule has 6 heteroatoms. The van der Waals surface area contributed by atoms with E-state index < -0.39 is 11.8 Å². The molecule has 0 bridgehead atoms. The lowest BCUT2D eigenvalue weighted by molar-refractivity contribution is -0.136. The van der Waals surface area contributed by atoms with Crippen LogP contribution in [0.5, 0.6) is 0 Å². The molecule has 0 fully saturated rings. The third kappa shape index (κ3) is 4.47. The fourth-order valence-electron chi connectivity index (χ4n) is 2.63. The van der Waals surface area contributed by atoms with Crippen molar-refractivity contribution in [2.75, 3.05) is 5.32 Å². The number of amides is 2. The summed E-state index contributed by atoms with van der Waals surface area (Å²) in [6, 6.07) is 7.84. The van der Waals surface area contributed by atoms with Crippen LogP contribution in [0.2, 0.25) is 0 Å². The van der Waals surface area contributed by atoms with Gasteiger partial charge in [0.1, 0.15) is 11.4 Å². The molecule has 1 aromatic heterocycles. The second kappa shape index (κ2) is 7.96. The molecular formula is C19H25N3O3.